The van der Waals surface area contributed by atoms with Gasteiger partial charge < -0.3 is 10.5 Å². The number of benzene rings is 1. The molecule has 0 radical (unpaired) electrons. The van der Waals surface area contributed by atoms with Gasteiger partial charge in [-0.3, -0.25) is 4.79 Å². The molecule has 0 amide bonds. The van der Waals surface area contributed by atoms with E-state index in [1.54, 1.807) is 12.1 Å². The molecule has 0 heterocycles. The Hall–Kier alpha value is -1.35. The van der Waals surface area contributed by atoms with Gasteiger partial charge in [0.05, 0.1) is 11.6 Å². The first-order valence-corrected chi connectivity index (χ1v) is 5.62. The highest BCUT2D eigenvalue weighted by atomic mass is 16.5. The van der Waals surface area contributed by atoms with Gasteiger partial charge in [0, 0.05) is 5.56 Å². The summed E-state index contributed by atoms with van der Waals surface area (Å²) in [6.45, 7) is 3.92. The molecule has 1 aromatic carbocycles. The quantitative estimate of drug-likeness (QED) is 0.789. The van der Waals surface area contributed by atoms with Crippen LogP contribution in [0.4, 0.5) is 0 Å². The van der Waals surface area contributed by atoms with Crippen molar-refractivity contribution in [3.8, 4) is 5.75 Å². The van der Waals surface area contributed by atoms with Crippen molar-refractivity contribution in [3.05, 3.63) is 29.8 Å². The largest absolute Gasteiger partial charge is 0.491 e. The molecule has 2 rings (SSSR count). The summed E-state index contributed by atoms with van der Waals surface area (Å²) < 4.78 is 5.55. The molecule has 0 spiro atoms. The van der Waals surface area contributed by atoms with E-state index in [9.17, 15) is 4.79 Å². The second-order valence-corrected chi connectivity index (χ2v) is 4.68. The van der Waals surface area contributed by atoms with Crippen LogP contribution in [0.25, 0.3) is 0 Å². The SMILES string of the molecule is CC(C)Oc1cccc(C(=O)C2(N)CC2)c1. The molecule has 0 saturated heterocycles. The predicted octanol–water partition coefficient (Wildman–Crippen LogP) is 2.15. The number of carbonyl (C=O) groups excluding carboxylic acids is 1. The molecular weight excluding hydrogens is 202 g/mol. The Bertz CT molecular complexity index is 408. The molecule has 2 N–H and O–H groups in total. The maximum atomic E-state index is 12.0. The van der Waals surface area contributed by atoms with Crippen molar-refractivity contribution in [3.63, 3.8) is 0 Å². The number of rotatable bonds is 4. The van der Waals surface area contributed by atoms with Gasteiger partial charge in [0.1, 0.15) is 5.75 Å². The average Bonchev–Trinajstić information content (AvgIpc) is 2.96. The molecular formula is C13H17NO2. The number of ether oxygens (including phenoxy) is 1. The molecule has 3 heteroatoms. The molecule has 1 fully saturated rings. The number of hydrogen-bond acceptors (Lipinski definition) is 3. The van der Waals surface area contributed by atoms with Crippen LogP contribution < -0.4 is 10.5 Å². The third-order valence-electron chi connectivity index (χ3n) is 2.71. The van der Waals surface area contributed by atoms with Gasteiger partial charge in [0.2, 0.25) is 0 Å². The molecule has 0 atom stereocenters. The molecule has 0 bridgehead atoms. The Labute approximate surface area is 95.6 Å². The summed E-state index contributed by atoms with van der Waals surface area (Å²) >= 11 is 0. The van der Waals surface area contributed by atoms with Crippen molar-refractivity contribution in [1.29, 1.82) is 0 Å². The van der Waals surface area contributed by atoms with E-state index in [0.29, 0.717) is 5.56 Å². The minimum atomic E-state index is -0.601. The normalized spacial score (nSPS) is 17.2. The third kappa shape index (κ3) is 2.25. The zero-order valence-corrected chi connectivity index (χ0v) is 9.69. The summed E-state index contributed by atoms with van der Waals surface area (Å²) in [5, 5.41) is 0. The minimum absolute atomic E-state index is 0.0294. The molecule has 1 saturated carbocycles. The van der Waals surface area contributed by atoms with Gasteiger partial charge in [-0.1, -0.05) is 12.1 Å². The molecule has 0 unspecified atom stereocenters. The van der Waals surface area contributed by atoms with Crippen LogP contribution in [0.15, 0.2) is 24.3 Å². The fourth-order valence-corrected chi connectivity index (χ4v) is 1.63. The highest BCUT2D eigenvalue weighted by molar-refractivity contribution is 6.05. The first kappa shape index (κ1) is 11.1. The van der Waals surface area contributed by atoms with Gasteiger partial charge in [0.15, 0.2) is 5.78 Å². The molecule has 86 valence electrons. The Morgan fingerprint density at radius 1 is 1.44 bits per heavy atom. The summed E-state index contributed by atoms with van der Waals surface area (Å²) in [6, 6.07) is 7.25. The molecule has 0 aromatic heterocycles. The fourth-order valence-electron chi connectivity index (χ4n) is 1.63. The zero-order chi connectivity index (χ0) is 11.8. The van der Waals surface area contributed by atoms with E-state index in [2.05, 4.69) is 0 Å². The van der Waals surface area contributed by atoms with Crippen molar-refractivity contribution in [2.24, 2.45) is 5.73 Å². The van der Waals surface area contributed by atoms with E-state index in [0.717, 1.165) is 18.6 Å². The van der Waals surface area contributed by atoms with Crippen molar-refractivity contribution in [2.45, 2.75) is 38.3 Å². The minimum Gasteiger partial charge on any atom is -0.491 e. The molecule has 0 aliphatic heterocycles. The van der Waals surface area contributed by atoms with Crippen molar-refractivity contribution in [2.75, 3.05) is 0 Å². The Morgan fingerprint density at radius 3 is 2.69 bits per heavy atom. The summed E-state index contributed by atoms with van der Waals surface area (Å²) in [5.41, 5.74) is 5.93. The zero-order valence-electron chi connectivity index (χ0n) is 9.69. The van der Waals surface area contributed by atoms with Crippen molar-refractivity contribution >= 4 is 5.78 Å². The van der Waals surface area contributed by atoms with Crippen molar-refractivity contribution < 1.29 is 9.53 Å². The lowest BCUT2D eigenvalue weighted by Gasteiger charge is -2.12. The second kappa shape index (κ2) is 3.91. The van der Waals surface area contributed by atoms with Crippen LogP contribution in [-0.4, -0.2) is 17.4 Å². The second-order valence-electron chi connectivity index (χ2n) is 4.68. The topological polar surface area (TPSA) is 52.3 Å². The van der Waals surface area contributed by atoms with E-state index in [1.807, 2.05) is 26.0 Å². The van der Waals surface area contributed by atoms with E-state index < -0.39 is 5.54 Å². The van der Waals surface area contributed by atoms with Crippen LogP contribution in [0, 0.1) is 0 Å². The lowest BCUT2D eigenvalue weighted by Crippen LogP contribution is -2.32. The average molecular weight is 219 g/mol. The van der Waals surface area contributed by atoms with Crippen LogP contribution in [0.2, 0.25) is 0 Å². The van der Waals surface area contributed by atoms with E-state index in [1.165, 1.54) is 0 Å². The van der Waals surface area contributed by atoms with E-state index in [-0.39, 0.29) is 11.9 Å². The van der Waals surface area contributed by atoms with Crippen LogP contribution in [0.3, 0.4) is 0 Å². The Morgan fingerprint density at radius 2 is 2.12 bits per heavy atom. The molecule has 16 heavy (non-hydrogen) atoms. The molecule has 1 aliphatic carbocycles. The van der Waals surface area contributed by atoms with Gasteiger partial charge in [-0.2, -0.15) is 0 Å². The Kier molecular flexibility index (Phi) is 2.72. The Balaban J connectivity index is 2.19. The summed E-state index contributed by atoms with van der Waals surface area (Å²) in [7, 11) is 0. The van der Waals surface area contributed by atoms with Gasteiger partial charge >= 0.3 is 0 Å². The summed E-state index contributed by atoms with van der Waals surface area (Å²) in [5.74, 6) is 0.756. The van der Waals surface area contributed by atoms with E-state index >= 15 is 0 Å². The maximum absolute atomic E-state index is 12.0. The smallest absolute Gasteiger partial charge is 0.182 e. The van der Waals surface area contributed by atoms with Gasteiger partial charge in [-0.25, -0.2) is 0 Å². The molecule has 3 nitrogen and oxygen atoms in total. The standard InChI is InChI=1S/C13H17NO2/c1-9(2)16-11-5-3-4-10(8-11)12(15)13(14)6-7-13/h3-5,8-9H,6-7,14H2,1-2H3. The van der Waals surface area contributed by atoms with Gasteiger partial charge in [-0.05, 0) is 38.8 Å². The first-order chi connectivity index (χ1) is 7.51. The first-order valence-electron chi connectivity index (χ1n) is 5.62. The van der Waals surface area contributed by atoms with Crippen LogP contribution in [0.1, 0.15) is 37.0 Å². The fraction of sp³-hybridized carbons (Fsp3) is 0.462. The number of ketones is 1. The van der Waals surface area contributed by atoms with Crippen LogP contribution in [0.5, 0.6) is 5.75 Å². The van der Waals surface area contributed by atoms with Crippen LogP contribution in [-0.2, 0) is 0 Å². The van der Waals surface area contributed by atoms with E-state index in [4.69, 9.17) is 10.5 Å². The third-order valence-corrected chi connectivity index (χ3v) is 2.71. The lowest BCUT2D eigenvalue weighted by molar-refractivity contribution is 0.0948. The summed E-state index contributed by atoms with van der Waals surface area (Å²) in [6.07, 6.45) is 1.69. The van der Waals surface area contributed by atoms with Gasteiger partial charge in [0.25, 0.3) is 0 Å². The monoisotopic (exact) mass is 219 g/mol. The molecule has 1 aromatic rings. The lowest BCUT2D eigenvalue weighted by atomic mass is 10.0. The van der Waals surface area contributed by atoms with Gasteiger partial charge in [-0.15, -0.1) is 0 Å². The number of nitrogens with two attached hydrogens (primary N) is 1. The maximum Gasteiger partial charge on any atom is 0.182 e. The van der Waals surface area contributed by atoms with Crippen LogP contribution >= 0.6 is 0 Å². The number of carbonyl (C=O) groups is 1. The predicted molar refractivity (Wildman–Crippen MR) is 62.7 cm³/mol. The highest BCUT2D eigenvalue weighted by Crippen LogP contribution is 2.36. The highest BCUT2D eigenvalue weighted by Gasteiger charge is 2.46. The summed E-state index contributed by atoms with van der Waals surface area (Å²) in [4.78, 5) is 12.0. The van der Waals surface area contributed by atoms with Crippen molar-refractivity contribution in [1.82, 2.24) is 0 Å². The number of hydrogen-bond donors (Lipinski definition) is 1. The number of Topliss-reactive ketones (excluding diaryl/α,β-unsaturated/α-hetero) is 1. The molecule has 1 aliphatic rings.